The molecule has 37 heavy (non-hydrogen) atoms. The van der Waals surface area contributed by atoms with Crippen molar-refractivity contribution in [2.24, 2.45) is 0 Å². The van der Waals surface area contributed by atoms with Crippen molar-refractivity contribution in [1.29, 1.82) is 0 Å². The van der Waals surface area contributed by atoms with E-state index in [1.807, 2.05) is 79.7 Å². The number of anilines is 1. The molecule has 0 aliphatic carbocycles. The SMILES string of the molecule is Cc1noc(-c2ccc(-c3ccc4c(c3)OCCC4C(=O)O)cc2)c1NC(=O)O[C@H](C)c1ccccc1. The molecule has 1 aromatic heterocycles. The van der Waals surface area contributed by atoms with E-state index < -0.39 is 24.1 Å². The van der Waals surface area contributed by atoms with Crippen LogP contribution in [0, 0.1) is 6.92 Å². The number of rotatable bonds is 6. The van der Waals surface area contributed by atoms with Gasteiger partial charge in [-0.2, -0.15) is 0 Å². The molecule has 0 radical (unpaired) electrons. The third kappa shape index (κ3) is 5.04. The summed E-state index contributed by atoms with van der Waals surface area (Å²) in [4.78, 5) is 24.2. The molecule has 188 valence electrons. The van der Waals surface area contributed by atoms with Crippen LogP contribution < -0.4 is 10.1 Å². The van der Waals surface area contributed by atoms with Gasteiger partial charge in [-0.25, -0.2) is 4.79 Å². The zero-order valence-electron chi connectivity index (χ0n) is 20.4. The lowest BCUT2D eigenvalue weighted by Crippen LogP contribution is -2.20. The molecule has 0 spiro atoms. The Hall–Kier alpha value is -4.59. The van der Waals surface area contributed by atoms with Crippen molar-refractivity contribution in [3.8, 4) is 28.2 Å². The van der Waals surface area contributed by atoms with E-state index >= 15 is 0 Å². The van der Waals surface area contributed by atoms with Crippen LogP contribution in [0.25, 0.3) is 22.5 Å². The van der Waals surface area contributed by atoms with Gasteiger partial charge in [-0.1, -0.05) is 71.9 Å². The van der Waals surface area contributed by atoms with E-state index in [1.54, 1.807) is 6.92 Å². The minimum atomic E-state index is -0.841. The molecule has 0 bridgehead atoms. The molecular formula is C29H26N2O6. The lowest BCUT2D eigenvalue weighted by molar-refractivity contribution is -0.139. The predicted molar refractivity (Wildman–Crippen MR) is 138 cm³/mol. The molecule has 2 atom stereocenters. The first-order valence-electron chi connectivity index (χ1n) is 12.0. The lowest BCUT2D eigenvalue weighted by Gasteiger charge is -2.23. The van der Waals surface area contributed by atoms with Crippen LogP contribution in [0.1, 0.15) is 42.2 Å². The minimum Gasteiger partial charge on any atom is -0.493 e. The van der Waals surface area contributed by atoms with Gasteiger partial charge in [-0.3, -0.25) is 10.1 Å². The topological polar surface area (TPSA) is 111 Å². The van der Waals surface area contributed by atoms with Crippen LogP contribution >= 0.6 is 0 Å². The third-order valence-corrected chi connectivity index (χ3v) is 6.47. The standard InChI is InChI=1S/C29H26N2O6/c1-17-26(30-29(34)36-18(2)19-6-4-3-5-7-19)27(37-31-17)21-10-8-20(9-11-21)22-12-13-23-24(28(32)33)14-15-35-25(23)16-22/h3-13,16,18,24H,14-15H2,1-2H3,(H,30,34)(H,32,33)/t18-,24?/m1/s1. The molecule has 0 saturated carbocycles. The van der Waals surface area contributed by atoms with E-state index in [2.05, 4.69) is 10.5 Å². The number of aromatic nitrogens is 1. The number of hydrogen-bond acceptors (Lipinski definition) is 6. The number of carbonyl (C=O) groups is 2. The summed E-state index contributed by atoms with van der Waals surface area (Å²) in [5.74, 6) is -0.373. The highest BCUT2D eigenvalue weighted by atomic mass is 16.6. The second-order valence-electron chi connectivity index (χ2n) is 8.91. The number of nitrogens with one attached hydrogen (secondary N) is 1. The van der Waals surface area contributed by atoms with Crippen LogP contribution in [0.5, 0.6) is 5.75 Å². The van der Waals surface area contributed by atoms with Crippen molar-refractivity contribution in [2.75, 3.05) is 11.9 Å². The number of benzene rings is 3. The largest absolute Gasteiger partial charge is 0.493 e. The van der Waals surface area contributed by atoms with Gasteiger partial charge in [0, 0.05) is 11.1 Å². The highest BCUT2D eigenvalue weighted by Crippen LogP contribution is 2.38. The monoisotopic (exact) mass is 498 g/mol. The second-order valence-corrected chi connectivity index (χ2v) is 8.91. The number of carboxylic acid groups (broad SMARTS) is 1. The van der Waals surface area contributed by atoms with Gasteiger partial charge in [0.15, 0.2) is 5.76 Å². The van der Waals surface area contributed by atoms with Crippen LogP contribution in [-0.2, 0) is 9.53 Å². The van der Waals surface area contributed by atoms with Crippen LogP contribution in [0.15, 0.2) is 77.3 Å². The highest BCUT2D eigenvalue weighted by Gasteiger charge is 2.27. The fraction of sp³-hybridized carbons (Fsp3) is 0.207. The molecule has 1 unspecified atom stereocenters. The van der Waals surface area contributed by atoms with E-state index in [0.29, 0.717) is 41.5 Å². The summed E-state index contributed by atoms with van der Waals surface area (Å²) >= 11 is 0. The molecule has 0 saturated heterocycles. The van der Waals surface area contributed by atoms with Crippen LogP contribution in [-0.4, -0.2) is 28.9 Å². The van der Waals surface area contributed by atoms with Gasteiger partial charge in [-0.05, 0) is 43.0 Å². The van der Waals surface area contributed by atoms with Gasteiger partial charge in [0.2, 0.25) is 0 Å². The number of fused-ring (bicyclic) bond motifs is 1. The Bertz CT molecular complexity index is 1430. The van der Waals surface area contributed by atoms with Gasteiger partial charge in [0.1, 0.15) is 23.2 Å². The van der Waals surface area contributed by atoms with Gasteiger partial charge < -0.3 is 19.1 Å². The molecule has 8 heteroatoms. The van der Waals surface area contributed by atoms with Gasteiger partial charge in [0.05, 0.1) is 12.5 Å². The Kier molecular flexibility index (Phi) is 6.64. The van der Waals surface area contributed by atoms with Crippen molar-refractivity contribution < 1.29 is 28.7 Å². The number of hydrogen-bond donors (Lipinski definition) is 2. The number of amides is 1. The summed E-state index contributed by atoms with van der Waals surface area (Å²) < 4.78 is 16.8. The molecule has 2 N–H and O–H groups in total. The first kappa shape index (κ1) is 24.1. The Morgan fingerprint density at radius 3 is 2.46 bits per heavy atom. The first-order chi connectivity index (χ1) is 17.9. The molecule has 1 aliphatic rings. The molecule has 3 aromatic carbocycles. The number of carbonyl (C=O) groups excluding carboxylic acids is 1. The summed E-state index contributed by atoms with van der Waals surface area (Å²) in [5, 5.41) is 16.3. The fourth-order valence-electron chi connectivity index (χ4n) is 4.44. The molecule has 8 nitrogen and oxygen atoms in total. The maximum atomic E-state index is 12.6. The lowest BCUT2D eigenvalue weighted by atomic mass is 9.91. The molecule has 0 fully saturated rings. The second kappa shape index (κ2) is 10.2. The zero-order chi connectivity index (χ0) is 25.9. The summed E-state index contributed by atoms with van der Waals surface area (Å²) in [5.41, 5.74) is 5.12. The van der Waals surface area contributed by atoms with Crippen molar-refractivity contribution in [3.05, 3.63) is 89.6 Å². The Morgan fingerprint density at radius 1 is 1.03 bits per heavy atom. The minimum absolute atomic E-state index is 0.375. The number of nitrogens with zero attached hydrogens (tertiary/aromatic N) is 1. The Labute approximate surface area is 213 Å². The van der Waals surface area contributed by atoms with Crippen molar-refractivity contribution in [2.45, 2.75) is 32.3 Å². The van der Waals surface area contributed by atoms with E-state index in [1.165, 1.54) is 0 Å². The summed E-state index contributed by atoms with van der Waals surface area (Å²) in [7, 11) is 0. The molecular weight excluding hydrogens is 472 g/mol. The third-order valence-electron chi connectivity index (χ3n) is 6.47. The average molecular weight is 499 g/mol. The summed E-state index contributed by atoms with van der Waals surface area (Å²) in [6.07, 6.45) is -0.563. The van der Waals surface area contributed by atoms with Crippen molar-refractivity contribution >= 4 is 17.7 Å². The van der Waals surface area contributed by atoms with E-state index in [-0.39, 0.29) is 0 Å². The van der Waals surface area contributed by atoms with Gasteiger partial charge >= 0.3 is 12.1 Å². The maximum Gasteiger partial charge on any atom is 0.412 e. The quantitative estimate of drug-likeness (QED) is 0.309. The number of carboxylic acids is 1. The average Bonchev–Trinajstić information content (AvgIpc) is 3.28. The first-order valence-corrected chi connectivity index (χ1v) is 12.0. The highest BCUT2D eigenvalue weighted by molar-refractivity contribution is 5.91. The molecule has 1 aliphatic heterocycles. The molecule has 2 heterocycles. The molecule has 4 aromatic rings. The number of ether oxygens (including phenoxy) is 2. The molecule has 1 amide bonds. The van der Waals surface area contributed by atoms with E-state index in [0.717, 1.165) is 22.3 Å². The Morgan fingerprint density at radius 2 is 1.73 bits per heavy atom. The Balaban J connectivity index is 1.33. The zero-order valence-corrected chi connectivity index (χ0v) is 20.4. The predicted octanol–water partition coefficient (Wildman–Crippen LogP) is 6.58. The maximum absolute atomic E-state index is 12.6. The van der Waals surface area contributed by atoms with Crippen LogP contribution in [0.2, 0.25) is 0 Å². The van der Waals surface area contributed by atoms with Gasteiger partial charge in [0.25, 0.3) is 0 Å². The van der Waals surface area contributed by atoms with E-state index in [9.17, 15) is 14.7 Å². The smallest absolute Gasteiger partial charge is 0.412 e. The number of aryl methyl sites for hydroxylation is 1. The number of aliphatic carboxylic acids is 1. The van der Waals surface area contributed by atoms with Crippen molar-refractivity contribution in [1.82, 2.24) is 5.16 Å². The summed E-state index contributed by atoms with van der Waals surface area (Å²) in [6, 6.07) is 22.7. The van der Waals surface area contributed by atoms with Crippen LogP contribution in [0.4, 0.5) is 10.5 Å². The van der Waals surface area contributed by atoms with Crippen LogP contribution in [0.3, 0.4) is 0 Å². The van der Waals surface area contributed by atoms with Crippen molar-refractivity contribution in [3.63, 3.8) is 0 Å². The van der Waals surface area contributed by atoms with Gasteiger partial charge in [-0.15, -0.1) is 0 Å². The van der Waals surface area contributed by atoms with E-state index in [4.69, 9.17) is 14.0 Å². The summed E-state index contributed by atoms with van der Waals surface area (Å²) in [6.45, 7) is 3.93. The fourth-order valence-corrected chi connectivity index (χ4v) is 4.44. The molecule has 5 rings (SSSR count). The normalized spacial score (nSPS) is 15.2.